The molecule has 0 bridgehead atoms. The molecule has 0 fully saturated rings. The molecule has 7 nitrogen and oxygen atoms in total. The van der Waals surface area contributed by atoms with Crippen molar-refractivity contribution in [3.63, 3.8) is 0 Å². The molecule has 140 valence electrons. The largest absolute Gasteiger partial charge is 0.497 e. The van der Waals surface area contributed by atoms with E-state index in [1.165, 1.54) is 30.9 Å². The van der Waals surface area contributed by atoms with Crippen LogP contribution in [-0.4, -0.2) is 60.1 Å². The minimum Gasteiger partial charge on any atom is -0.497 e. The van der Waals surface area contributed by atoms with Gasteiger partial charge in [-0.2, -0.15) is 0 Å². The van der Waals surface area contributed by atoms with Crippen molar-refractivity contribution >= 4 is 29.4 Å². The monoisotopic (exact) mass is 379 g/mol. The number of carboxylic acid groups (broad SMARTS) is 1. The van der Waals surface area contributed by atoms with E-state index >= 15 is 0 Å². The first-order chi connectivity index (χ1) is 12.4. The molecule has 0 saturated carbocycles. The summed E-state index contributed by atoms with van der Waals surface area (Å²) in [5, 5.41) is 8.66. The van der Waals surface area contributed by atoms with E-state index < -0.39 is 29.5 Å². The molecule has 8 heteroatoms. The van der Waals surface area contributed by atoms with Gasteiger partial charge in [0, 0.05) is 23.8 Å². The zero-order chi connectivity index (χ0) is 19.4. The van der Waals surface area contributed by atoms with E-state index in [1.807, 2.05) is 0 Å². The Hall–Kier alpha value is -2.48. The van der Waals surface area contributed by atoms with Gasteiger partial charge in [0.05, 0.1) is 26.2 Å². The maximum Gasteiger partial charge on any atom is 0.308 e. The van der Waals surface area contributed by atoms with E-state index in [0.29, 0.717) is 18.0 Å². The number of nitrogens with zero attached hydrogens (tertiary/aromatic N) is 1. The third-order valence-corrected chi connectivity index (χ3v) is 5.10. The highest BCUT2D eigenvalue weighted by atomic mass is 32.2. The van der Waals surface area contributed by atoms with Gasteiger partial charge in [0.15, 0.2) is 5.78 Å². The Labute approximate surface area is 156 Å². The molecule has 0 aromatic heterocycles. The summed E-state index contributed by atoms with van der Waals surface area (Å²) < 4.78 is 10.4. The van der Waals surface area contributed by atoms with Crippen LogP contribution >= 0.6 is 11.8 Å². The minimum atomic E-state index is -1.15. The van der Waals surface area contributed by atoms with Gasteiger partial charge in [-0.15, -0.1) is 11.8 Å². The Morgan fingerprint density at radius 1 is 1.27 bits per heavy atom. The molecule has 26 heavy (non-hydrogen) atoms. The number of amides is 1. The molecule has 1 aromatic rings. The van der Waals surface area contributed by atoms with Gasteiger partial charge in [-0.05, 0) is 25.3 Å². The van der Waals surface area contributed by atoms with E-state index in [1.54, 1.807) is 31.4 Å². The average molecular weight is 379 g/mol. The van der Waals surface area contributed by atoms with Crippen LogP contribution in [0.3, 0.4) is 0 Å². The third-order valence-electron chi connectivity index (χ3n) is 4.16. The topological polar surface area (TPSA) is 93.1 Å². The number of rotatable bonds is 8. The van der Waals surface area contributed by atoms with Crippen molar-refractivity contribution in [1.29, 1.82) is 0 Å². The van der Waals surface area contributed by atoms with E-state index in [4.69, 9.17) is 9.47 Å². The molecule has 1 aliphatic rings. The van der Waals surface area contributed by atoms with Crippen molar-refractivity contribution in [3.8, 4) is 11.5 Å². The van der Waals surface area contributed by atoms with Crippen LogP contribution in [0, 0.1) is 0 Å². The maximum absolute atomic E-state index is 13.2. The fourth-order valence-electron chi connectivity index (χ4n) is 2.96. The second-order valence-electron chi connectivity index (χ2n) is 5.54. The van der Waals surface area contributed by atoms with Crippen LogP contribution in [0.1, 0.15) is 23.7 Å². The summed E-state index contributed by atoms with van der Waals surface area (Å²) in [7, 11) is 2.94. The van der Waals surface area contributed by atoms with Crippen LogP contribution in [-0.2, 0) is 9.59 Å². The first kappa shape index (κ1) is 19.8. The number of ketones is 1. The highest BCUT2D eigenvalue weighted by Crippen LogP contribution is 2.37. The van der Waals surface area contributed by atoms with Crippen molar-refractivity contribution in [2.45, 2.75) is 18.7 Å². The Balaban J connectivity index is 2.60. The van der Waals surface area contributed by atoms with E-state index in [9.17, 15) is 19.5 Å². The van der Waals surface area contributed by atoms with Crippen molar-refractivity contribution in [3.05, 3.63) is 34.9 Å². The molecular weight excluding hydrogens is 358 g/mol. The number of likely N-dealkylation sites (N-methyl/N-ethyl adjacent to an activating group) is 1. The number of aliphatic carboxylic acids is 1. The Morgan fingerprint density at radius 2 is 1.96 bits per heavy atom. The average Bonchev–Trinajstić information content (AvgIpc) is 2.90. The molecule has 2 rings (SSSR count). The predicted molar refractivity (Wildman–Crippen MR) is 97.8 cm³/mol. The number of Topliss-reactive ketones (excluding diaryl/α,β-unsaturated/α-hetero) is 1. The summed E-state index contributed by atoms with van der Waals surface area (Å²) in [6, 6.07) is 4.75. The molecule has 1 aliphatic heterocycles. The smallest absolute Gasteiger partial charge is 0.308 e. The Bertz CT molecular complexity index is 773. The van der Waals surface area contributed by atoms with Crippen LogP contribution in [0.15, 0.2) is 29.3 Å². The highest BCUT2D eigenvalue weighted by Gasteiger charge is 2.42. The number of thioether (sulfide) groups is 1. The normalized spacial score (nSPS) is 16.8. The quantitative estimate of drug-likeness (QED) is 0.692. The van der Waals surface area contributed by atoms with Crippen molar-refractivity contribution in [1.82, 2.24) is 4.90 Å². The van der Waals surface area contributed by atoms with Gasteiger partial charge >= 0.3 is 5.97 Å². The molecule has 0 spiro atoms. The van der Waals surface area contributed by atoms with Crippen LogP contribution in [0.2, 0.25) is 0 Å². The van der Waals surface area contributed by atoms with Gasteiger partial charge in [0.1, 0.15) is 16.9 Å². The number of carboxylic acids is 1. The molecule has 0 radical (unpaired) electrons. The highest BCUT2D eigenvalue weighted by molar-refractivity contribution is 7.99. The lowest BCUT2D eigenvalue weighted by Gasteiger charge is -2.23. The number of carbonyl (C=O) groups excluding carboxylic acids is 2. The molecule has 1 atom stereocenters. The van der Waals surface area contributed by atoms with Crippen molar-refractivity contribution in [2.75, 3.05) is 27.0 Å². The lowest BCUT2D eigenvalue weighted by Crippen LogP contribution is -2.34. The second kappa shape index (κ2) is 8.27. The molecule has 1 unspecified atom stereocenters. The number of benzene rings is 1. The standard InChI is InChI=1S/C18H21NO6S/c1-5-19-17(23)12(9-14(20)21)15(18(19)26-4)16(22)11-7-6-10(24-2)8-13(11)25-3/h6-8,18H,5,9H2,1-4H3,(H,20,21). The first-order valence-electron chi connectivity index (χ1n) is 7.94. The van der Waals surface area contributed by atoms with Crippen molar-refractivity contribution in [2.24, 2.45) is 0 Å². The lowest BCUT2D eigenvalue weighted by atomic mass is 9.97. The Kier molecular flexibility index (Phi) is 6.31. The van der Waals surface area contributed by atoms with Gasteiger partial charge in [-0.25, -0.2) is 0 Å². The number of carbonyl (C=O) groups is 3. The number of methoxy groups -OCH3 is 2. The van der Waals surface area contributed by atoms with Crippen molar-refractivity contribution < 1.29 is 29.0 Å². The second-order valence-corrected chi connectivity index (χ2v) is 6.46. The summed E-state index contributed by atoms with van der Waals surface area (Å²) in [4.78, 5) is 38.6. The summed E-state index contributed by atoms with van der Waals surface area (Å²) in [5.41, 5.74) is 0.493. The molecule has 1 amide bonds. The first-order valence-corrected chi connectivity index (χ1v) is 9.23. The number of ether oxygens (including phenoxy) is 2. The van der Waals surface area contributed by atoms with E-state index in [2.05, 4.69) is 0 Å². The summed E-state index contributed by atoms with van der Waals surface area (Å²) in [5.74, 6) is -1.15. The number of hydrogen-bond donors (Lipinski definition) is 1. The Morgan fingerprint density at radius 3 is 2.46 bits per heavy atom. The van der Waals surface area contributed by atoms with Gasteiger partial charge in [0.25, 0.3) is 5.91 Å². The summed E-state index contributed by atoms with van der Waals surface area (Å²) in [6.45, 7) is 2.17. The van der Waals surface area contributed by atoms with Gasteiger partial charge < -0.3 is 19.5 Å². The minimum absolute atomic E-state index is 0.0292. The van der Waals surface area contributed by atoms with Crippen LogP contribution in [0.5, 0.6) is 11.5 Å². The zero-order valence-electron chi connectivity index (χ0n) is 15.1. The molecular formula is C18H21NO6S. The lowest BCUT2D eigenvalue weighted by molar-refractivity contribution is -0.137. The molecule has 0 aliphatic carbocycles. The van der Waals surface area contributed by atoms with Gasteiger partial charge in [0.2, 0.25) is 0 Å². The van der Waals surface area contributed by atoms with Gasteiger partial charge in [-0.3, -0.25) is 14.4 Å². The summed E-state index contributed by atoms with van der Waals surface area (Å²) >= 11 is 1.32. The van der Waals surface area contributed by atoms with Crippen LogP contribution in [0.4, 0.5) is 0 Å². The van der Waals surface area contributed by atoms with Crippen LogP contribution in [0.25, 0.3) is 0 Å². The van der Waals surface area contributed by atoms with E-state index in [-0.39, 0.29) is 16.7 Å². The molecule has 1 N–H and O–H groups in total. The fourth-order valence-corrected chi connectivity index (χ4v) is 3.94. The number of hydrogen-bond acceptors (Lipinski definition) is 6. The van der Waals surface area contributed by atoms with Gasteiger partial charge in [-0.1, -0.05) is 0 Å². The zero-order valence-corrected chi connectivity index (χ0v) is 15.9. The summed E-state index contributed by atoms with van der Waals surface area (Å²) in [6.07, 6.45) is 1.29. The predicted octanol–water partition coefficient (Wildman–Crippen LogP) is 2.21. The van der Waals surface area contributed by atoms with Crippen LogP contribution < -0.4 is 9.47 Å². The molecule has 0 saturated heterocycles. The van der Waals surface area contributed by atoms with E-state index in [0.717, 1.165) is 0 Å². The maximum atomic E-state index is 13.2. The fraction of sp³-hybridized carbons (Fsp3) is 0.389. The molecule has 1 aromatic carbocycles. The third kappa shape index (κ3) is 3.55. The SMILES string of the molecule is CCN1C(=O)C(CC(=O)O)=C(C(=O)c2ccc(OC)cc2OC)C1SC. The molecule has 1 heterocycles.